The Balaban J connectivity index is 2.44. The predicted octanol–water partition coefficient (Wildman–Crippen LogP) is 4.28. The number of anilines is 1. The van der Waals surface area contributed by atoms with Crippen LogP contribution >= 0.6 is 0 Å². The van der Waals surface area contributed by atoms with Crippen molar-refractivity contribution < 1.29 is 26.4 Å². The van der Waals surface area contributed by atoms with Crippen LogP contribution < -0.4 is 4.31 Å². The van der Waals surface area contributed by atoms with Crippen LogP contribution in [0.25, 0.3) is 0 Å². The molecule has 2 rings (SSSR count). The summed E-state index contributed by atoms with van der Waals surface area (Å²) in [7, 11) is -3.88. The molecule has 0 aliphatic carbocycles. The average Bonchev–Trinajstić information content (AvgIpc) is 2.59. The van der Waals surface area contributed by atoms with Crippen LogP contribution in [0.2, 0.25) is 0 Å². The molecule has 4 nitrogen and oxygen atoms in total. The highest BCUT2D eigenvalue weighted by molar-refractivity contribution is 7.92. The van der Waals surface area contributed by atoms with Gasteiger partial charge in [-0.15, -0.1) is 0 Å². The summed E-state index contributed by atoms with van der Waals surface area (Å²) in [6.07, 6.45) is -4.98. The van der Waals surface area contributed by atoms with E-state index in [0.29, 0.717) is 0 Å². The van der Waals surface area contributed by atoms with E-state index in [4.69, 9.17) is 0 Å². The Morgan fingerprint density at radius 3 is 2.00 bits per heavy atom. The first kappa shape index (κ1) is 20.0. The van der Waals surface area contributed by atoms with E-state index in [0.717, 1.165) is 16.4 Å². The normalized spacial score (nSPS) is 12.2. The van der Waals surface area contributed by atoms with Gasteiger partial charge in [0.1, 0.15) is 0 Å². The Labute approximate surface area is 150 Å². The first-order valence-corrected chi connectivity index (χ1v) is 9.27. The number of carbonyl (C=O) groups excluding carboxylic acids is 1. The number of carbonyl (C=O) groups is 1. The van der Waals surface area contributed by atoms with Crippen molar-refractivity contribution in [1.29, 1.82) is 0 Å². The third-order valence-corrected chi connectivity index (χ3v) is 5.35. The van der Waals surface area contributed by atoms with Crippen molar-refractivity contribution in [2.45, 2.75) is 24.9 Å². The summed E-state index contributed by atoms with van der Waals surface area (Å²) < 4.78 is 64.5. The van der Waals surface area contributed by atoms with Crippen molar-refractivity contribution in [3.05, 3.63) is 60.2 Å². The van der Waals surface area contributed by atoms with E-state index in [2.05, 4.69) is 0 Å². The van der Waals surface area contributed by atoms with E-state index >= 15 is 0 Å². The highest BCUT2D eigenvalue weighted by Gasteiger charge is 2.39. The van der Waals surface area contributed by atoms with Crippen LogP contribution in [-0.2, 0) is 10.0 Å². The van der Waals surface area contributed by atoms with Gasteiger partial charge in [0.25, 0.3) is 15.8 Å². The fourth-order valence-corrected chi connectivity index (χ4v) is 3.99. The van der Waals surface area contributed by atoms with Gasteiger partial charge in [0.2, 0.25) is 0 Å². The fraction of sp³-hybridized carbons (Fsp3) is 0.278. The van der Waals surface area contributed by atoms with Gasteiger partial charge < -0.3 is 0 Å². The molecule has 0 heterocycles. The predicted molar refractivity (Wildman–Crippen MR) is 92.6 cm³/mol. The van der Waals surface area contributed by atoms with Crippen molar-refractivity contribution >= 4 is 21.5 Å². The van der Waals surface area contributed by atoms with Crippen LogP contribution in [0.1, 0.15) is 24.2 Å². The number of hydrogen-bond donors (Lipinski definition) is 0. The monoisotopic (exact) mass is 385 g/mol. The van der Waals surface area contributed by atoms with Gasteiger partial charge in [-0.1, -0.05) is 32.0 Å². The van der Waals surface area contributed by atoms with E-state index in [1.54, 1.807) is 18.2 Å². The molecule has 0 aliphatic rings. The van der Waals surface area contributed by atoms with Gasteiger partial charge >= 0.3 is 6.18 Å². The Bertz CT molecular complexity index is 861. The molecular weight excluding hydrogens is 367 g/mol. The number of alkyl halides is 3. The van der Waals surface area contributed by atoms with Gasteiger partial charge in [0, 0.05) is 12.1 Å². The number of sulfonamides is 1. The minimum absolute atomic E-state index is 0.0232. The Hall–Kier alpha value is -2.35. The molecule has 2 aromatic rings. The molecule has 0 amide bonds. The molecule has 0 N–H and O–H groups in total. The molecular formula is C18H18F3NO3S. The van der Waals surface area contributed by atoms with E-state index in [-0.39, 0.29) is 23.0 Å². The number of Topliss-reactive ketones (excluding diaryl/α,β-unsaturated/α-hetero) is 1. The van der Waals surface area contributed by atoms with Crippen molar-refractivity contribution in [3.8, 4) is 0 Å². The van der Waals surface area contributed by atoms with Crippen LogP contribution in [0.3, 0.4) is 0 Å². The van der Waals surface area contributed by atoms with Gasteiger partial charge in [0.15, 0.2) is 0 Å². The molecule has 0 aliphatic heterocycles. The van der Waals surface area contributed by atoms with Gasteiger partial charge in [-0.3, -0.25) is 9.10 Å². The minimum Gasteiger partial charge on any atom is -0.284 e. The Kier molecular flexibility index (Phi) is 5.75. The first-order chi connectivity index (χ1) is 12.0. The SMILES string of the molecule is CC(C)CN(c1ccc(C(=O)C(F)(F)F)cc1)S(=O)(=O)c1ccccc1. The van der Waals surface area contributed by atoms with Gasteiger partial charge in [-0.05, 0) is 42.3 Å². The summed E-state index contributed by atoms with van der Waals surface area (Å²) in [6, 6.07) is 12.1. The molecule has 0 aromatic heterocycles. The highest BCUT2D eigenvalue weighted by Crippen LogP contribution is 2.27. The summed E-state index contributed by atoms with van der Waals surface area (Å²) >= 11 is 0. The number of ketones is 1. The van der Waals surface area contributed by atoms with E-state index in [1.807, 2.05) is 13.8 Å². The molecule has 0 bridgehead atoms. The van der Waals surface area contributed by atoms with E-state index in [1.165, 1.54) is 24.3 Å². The lowest BCUT2D eigenvalue weighted by Crippen LogP contribution is -2.34. The number of nitrogens with zero attached hydrogens (tertiary/aromatic N) is 1. The summed E-state index contributed by atoms with van der Waals surface area (Å²) in [5, 5.41) is 0. The molecule has 0 atom stereocenters. The van der Waals surface area contributed by atoms with Crippen LogP contribution in [0.5, 0.6) is 0 Å². The maximum absolute atomic E-state index is 12.9. The maximum atomic E-state index is 12.9. The van der Waals surface area contributed by atoms with Crippen molar-refractivity contribution in [1.82, 2.24) is 0 Å². The van der Waals surface area contributed by atoms with Gasteiger partial charge in [-0.25, -0.2) is 8.42 Å². The van der Waals surface area contributed by atoms with Crippen LogP contribution in [-0.4, -0.2) is 26.9 Å². The molecule has 0 spiro atoms. The van der Waals surface area contributed by atoms with Crippen molar-refractivity contribution in [2.75, 3.05) is 10.8 Å². The summed E-state index contributed by atoms with van der Waals surface area (Å²) in [5.41, 5.74) is -0.343. The van der Waals surface area contributed by atoms with Crippen LogP contribution in [0.4, 0.5) is 18.9 Å². The van der Waals surface area contributed by atoms with E-state index < -0.39 is 27.5 Å². The molecule has 140 valence electrons. The standard InChI is InChI=1S/C18H18F3NO3S/c1-13(2)12-22(26(24,25)16-6-4-3-5-7-16)15-10-8-14(9-11-15)17(23)18(19,20)21/h3-11,13H,12H2,1-2H3. The fourth-order valence-electron chi connectivity index (χ4n) is 2.34. The second-order valence-electron chi connectivity index (χ2n) is 6.12. The van der Waals surface area contributed by atoms with E-state index in [9.17, 15) is 26.4 Å². The molecule has 0 unspecified atom stereocenters. The summed E-state index contributed by atoms with van der Waals surface area (Å²) in [4.78, 5) is 11.4. The maximum Gasteiger partial charge on any atom is 0.454 e. The largest absolute Gasteiger partial charge is 0.454 e. The number of benzene rings is 2. The second-order valence-corrected chi connectivity index (χ2v) is 7.98. The molecule has 0 fully saturated rings. The molecule has 0 saturated carbocycles. The lowest BCUT2D eigenvalue weighted by molar-refractivity contribution is -0.0885. The average molecular weight is 385 g/mol. The Morgan fingerprint density at radius 2 is 1.54 bits per heavy atom. The second kappa shape index (κ2) is 7.49. The summed E-state index contributed by atoms with van der Waals surface area (Å²) in [5.74, 6) is -1.99. The zero-order chi connectivity index (χ0) is 19.5. The lowest BCUT2D eigenvalue weighted by atomic mass is 10.1. The lowest BCUT2D eigenvalue weighted by Gasteiger charge is -2.26. The minimum atomic E-state index is -4.98. The van der Waals surface area contributed by atoms with Crippen LogP contribution in [0.15, 0.2) is 59.5 Å². The molecule has 26 heavy (non-hydrogen) atoms. The highest BCUT2D eigenvalue weighted by atomic mass is 32.2. The third kappa shape index (κ3) is 4.43. The third-order valence-electron chi connectivity index (χ3n) is 3.54. The molecule has 8 heteroatoms. The molecule has 0 radical (unpaired) electrons. The molecule has 2 aromatic carbocycles. The quantitative estimate of drug-likeness (QED) is 0.698. The number of hydrogen-bond acceptors (Lipinski definition) is 3. The van der Waals surface area contributed by atoms with Gasteiger partial charge in [0.05, 0.1) is 10.6 Å². The smallest absolute Gasteiger partial charge is 0.284 e. The zero-order valence-corrected chi connectivity index (χ0v) is 15.0. The van der Waals surface area contributed by atoms with Crippen LogP contribution in [0, 0.1) is 5.92 Å². The van der Waals surface area contributed by atoms with Crippen molar-refractivity contribution in [3.63, 3.8) is 0 Å². The van der Waals surface area contributed by atoms with Crippen molar-refractivity contribution in [2.24, 2.45) is 5.92 Å². The topological polar surface area (TPSA) is 54.5 Å². The Morgan fingerprint density at radius 1 is 1.00 bits per heavy atom. The molecule has 0 saturated heterocycles. The zero-order valence-electron chi connectivity index (χ0n) is 14.2. The first-order valence-electron chi connectivity index (χ1n) is 7.83. The van der Waals surface area contributed by atoms with Gasteiger partial charge in [-0.2, -0.15) is 13.2 Å². The summed E-state index contributed by atoms with van der Waals surface area (Å²) in [6.45, 7) is 3.80. The number of rotatable bonds is 6. The number of halogens is 3.